The van der Waals surface area contributed by atoms with Gasteiger partial charge >= 0.3 is 0 Å². The zero-order valence-corrected chi connectivity index (χ0v) is 11.6. The van der Waals surface area contributed by atoms with Gasteiger partial charge in [-0.1, -0.05) is 30.3 Å². The van der Waals surface area contributed by atoms with E-state index in [-0.39, 0.29) is 11.6 Å². The lowest BCUT2D eigenvalue weighted by Gasteiger charge is -2.16. The highest BCUT2D eigenvalue weighted by atomic mass is 16.1. The van der Waals surface area contributed by atoms with Crippen LogP contribution in [0.3, 0.4) is 0 Å². The molecule has 5 nitrogen and oxygen atoms in total. The molecule has 3 rings (SSSR count). The van der Waals surface area contributed by atoms with Crippen LogP contribution in [0.5, 0.6) is 0 Å². The highest BCUT2D eigenvalue weighted by Gasteiger charge is 2.10. The van der Waals surface area contributed by atoms with Crippen molar-refractivity contribution in [2.75, 3.05) is 11.1 Å². The number of nitrogen functional groups attached to an aromatic ring is 1. The van der Waals surface area contributed by atoms with E-state index in [1.54, 1.807) is 6.07 Å². The molecule has 0 aliphatic rings. The summed E-state index contributed by atoms with van der Waals surface area (Å²) in [6, 6.07) is 15.1. The minimum absolute atomic E-state index is 0.0485. The lowest BCUT2D eigenvalue weighted by atomic mass is 10.1. The molecule has 0 saturated heterocycles. The van der Waals surface area contributed by atoms with Gasteiger partial charge in [0.15, 0.2) is 5.82 Å². The molecule has 0 spiro atoms. The Balaban J connectivity index is 1.96. The number of fused-ring (bicyclic) bond motifs is 1. The quantitative estimate of drug-likeness (QED) is 0.644. The molecular weight excluding hydrogens is 264 g/mol. The van der Waals surface area contributed by atoms with Crippen molar-refractivity contribution in [1.82, 2.24) is 10.2 Å². The number of aromatic amines is 1. The third-order valence-corrected chi connectivity index (χ3v) is 3.49. The molecular formula is C16H16N4O. The molecule has 0 aliphatic heterocycles. The molecule has 106 valence electrons. The topological polar surface area (TPSA) is 83.8 Å². The van der Waals surface area contributed by atoms with Crippen LogP contribution >= 0.6 is 0 Å². The number of aromatic nitrogens is 2. The monoisotopic (exact) mass is 280 g/mol. The molecule has 0 bridgehead atoms. The Kier molecular flexibility index (Phi) is 3.31. The van der Waals surface area contributed by atoms with E-state index in [2.05, 4.69) is 15.5 Å². The standard InChI is InChI=1S/C16H16N4O/c1-10(11-6-8-12(17)9-7-11)18-15-13-4-2-3-5-14(13)16(21)20-19-15/h2-10H,17H2,1H3,(H,18,19)(H,20,21). The molecule has 1 aromatic heterocycles. The Morgan fingerprint density at radius 3 is 2.48 bits per heavy atom. The summed E-state index contributed by atoms with van der Waals surface area (Å²) in [5.74, 6) is 0.662. The van der Waals surface area contributed by atoms with Crippen LogP contribution in [0.2, 0.25) is 0 Å². The van der Waals surface area contributed by atoms with E-state index in [0.717, 1.165) is 16.6 Å². The summed E-state index contributed by atoms with van der Waals surface area (Å²) in [6.07, 6.45) is 0. The number of anilines is 2. The van der Waals surface area contributed by atoms with Crippen LogP contribution in [-0.2, 0) is 0 Å². The number of H-pyrrole nitrogens is 1. The summed E-state index contributed by atoms with van der Waals surface area (Å²) >= 11 is 0. The van der Waals surface area contributed by atoms with Crippen LogP contribution < -0.4 is 16.6 Å². The largest absolute Gasteiger partial charge is 0.399 e. The maximum atomic E-state index is 11.8. The van der Waals surface area contributed by atoms with Gasteiger partial charge in [-0.3, -0.25) is 4.79 Å². The summed E-state index contributed by atoms with van der Waals surface area (Å²) in [6.45, 7) is 2.03. The number of rotatable bonds is 3. The Morgan fingerprint density at radius 1 is 1.10 bits per heavy atom. The summed E-state index contributed by atoms with van der Waals surface area (Å²) in [5, 5.41) is 11.4. The lowest BCUT2D eigenvalue weighted by molar-refractivity contribution is 0.862. The first-order valence-electron chi connectivity index (χ1n) is 6.74. The van der Waals surface area contributed by atoms with Gasteiger partial charge in [0.05, 0.1) is 11.4 Å². The van der Waals surface area contributed by atoms with Crippen molar-refractivity contribution in [3.63, 3.8) is 0 Å². The second-order valence-electron chi connectivity index (χ2n) is 4.98. The highest BCUT2D eigenvalue weighted by molar-refractivity contribution is 5.90. The summed E-state index contributed by atoms with van der Waals surface area (Å²) in [5.41, 5.74) is 7.35. The molecule has 1 unspecified atom stereocenters. The fraction of sp³-hybridized carbons (Fsp3) is 0.125. The highest BCUT2D eigenvalue weighted by Crippen LogP contribution is 2.23. The van der Waals surface area contributed by atoms with Gasteiger partial charge in [-0.15, -0.1) is 0 Å². The van der Waals surface area contributed by atoms with Crippen molar-refractivity contribution < 1.29 is 0 Å². The first kappa shape index (κ1) is 13.2. The van der Waals surface area contributed by atoms with Crippen molar-refractivity contribution in [2.24, 2.45) is 0 Å². The summed E-state index contributed by atoms with van der Waals surface area (Å²) in [4.78, 5) is 11.8. The fourth-order valence-electron chi connectivity index (χ4n) is 2.30. The van der Waals surface area contributed by atoms with E-state index in [0.29, 0.717) is 11.2 Å². The molecule has 1 atom stereocenters. The van der Waals surface area contributed by atoms with Gasteiger partial charge in [-0.05, 0) is 30.7 Å². The smallest absolute Gasteiger partial charge is 0.272 e. The first-order chi connectivity index (χ1) is 10.1. The maximum absolute atomic E-state index is 11.8. The number of hydrogen-bond acceptors (Lipinski definition) is 4. The maximum Gasteiger partial charge on any atom is 0.272 e. The van der Waals surface area contributed by atoms with Crippen LogP contribution in [0.1, 0.15) is 18.5 Å². The second kappa shape index (κ2) is 5.28. The second-order valence-corrected chi connectivity index (χ2v) is 4.98. The van der Waals surface area contributed by atoms with E-state index in [9.17, 15) is 4.79 Å². The van der Waals surface area contributed by atoms with Crippen LogP contribution in [-0.4, -0.2) is 10.2 Å². The Labute approximate surface area is 121 Å². The number of nitrogens with two attached hydrogens (primary N) is 1. The molecule has 5 heteroatoms. The molecule has 1 heterocycles. The van der Waals surface area contributed by atoms with Gasteiger partial charge in [-0.25, -0.2) is 5.10 Å². The predicted octanol–water partition coefficient (Wildman–Crippen LogP) is 2.68. The molecule has 0 fully saturated rings. The Hall–Kier alpha value is -2.82. The predicted molar refractivity (Wildman–Crippen MR) is 85.3 cm³/mol. The minimum atomic E-state index is -0.184. The third-order valence-electron chi connectivity index (χ3n) is 3.49. The van der Waals surface area contributed by atoms with Crippen molar-refractivity contribution in [1.29, 1.82) is 0 Å². The summed E-state index contributed by atoms with van der Waals surface area (Å²) in [7, 11) is 0. The molecule has 21 heavy (non-hydrogen) atoms. The van der Waals surface area contributed by atoms with Gasteiger partial charge in [0, 0.05) is 11.1 Å². The Bertz CT molecular complexity index is 824. The van der Waals surface area contributed by atoms with Gasteiger partial charge in [0.2, 0.25) is 0 Å². The normalized spacial score (nSPS) is 12.2. The van der Waals surface area contributed by atoms with Crippen molar-refractivity contribution >= 4 is 22.3 Å². The zero-order chi connectivity index (χ0) is 14.8. The SMILES string of the molecule is CC(Nc1n[nH]c(=O)c2ccccc12)c1ccc(N)cc1. The van der Waals surface area contributed by atoms with Crippen LogP contribution in [0, 0.1) is 0 Å². The van der Waals surface area contributed by atoms with Crippen molar-refractivity contribution in [3.05, 3.63) is 64.4 Å². The average molecular weight is 280 g/mol. The van der Waals surface area contributed by atoms with E-state index in [1.807, 2.05) is 49.4 Å². The fourth-order valence-corrected chi connectivity index (χ4v) is 2.30. The molecule has 0 amide bonds. The molecule has 0 radical (unpaired) electrons. The van der Waals surface area contributed by atoms with Crippen molar-refractivity contribution in [2.45, 2.75) is 13.0 Å². The van der Waals surface area contributed by atoms with Gasteiger partial charge in [0.25, 0.3) is 5.56 Å². The number of nitrogens with zero attached hydrogens (tertiary/aromatic N) is 1. The van der Waals surface area contributed by atoms with Gasteiger partial charge < -0.3 is 11.1 Å². The number of nitrogens with one attached hydrogen (secondary N) is 2. The van der Waals surface area contributed by atoms with E-state index in [4.69, 9.17) is 5.73 Å². The minimum Gasteiger partial charge on any atom is -0.399 e. The first-order valence-corrected chi connectivity index (χ1v) is 6.74. The average Bonchev–Trinajstić information content (AvgIpc) is 2.51. The number of benzene rings is 2. The molecule has 2 aromatic carbocycles. The van der Waals surface area contributed by atoms with Crippen LogP contribution in [0.4, 0.5) is 11.5 Å². The van der Waals surface area contributed by atoms with Crippen molar-refractivity contribution in [3.8, 4) is 0 Å². The molecule has 0 aliphatic carbocycles. The van der Waals surface area contributed by atoms with E-state index < -0.39 is 0 Å². The molecule has 4 N–H and O–H groups in total. The lowest BCUT2D eigenvalue weighted by Crippen LogP contribution is -2.14. The van der Waals surface area contributed by atoms with Crippen LogP contribution in [0.15, 0.2) is 53.3 Å². The molecule has 0 saturated carbocycles. The van der Waals surface area contributed by atoms with E-state index >= 15 is 0 Å². The number of hydrogen-bond donors (Lipinski definition) is 3. The van der Waals surface area contributed by atoms with Gasteiger partial charge in [0.1, 0.15) is 0 Å². The zero-order valence-electron chi connectivity index (χ0n) is 11.6. The summed E-state index contributed by atoms with van der Waals surface area (Å²) < 4.78 is 0. The Morgan fingerprint density at radius 2 is 1.76 bits per heavy atom. The van der Waals surface area contributed by atoms with Crippen LogP contribution in [0.25, 0.3) is 10.8 Å². The molecule has 3 aromatic rings. The third kappa shape index (κ3) is 2.58. The van der Waals surface area contributed by atoms with Gasteiger partial charge in [-0.2, -0.15) is 5.10 Å². The van der Waals surface area contributed by atoms with E-state index in [1.165, 1.54) is 0 Å².